The number of amides is 1. The third-order valence-corrected chi connectivity index (χ3v) is 18.7. The topological polar surface area (TPSA) is 205 Å². The summed E-state index contributed by atoms with van der Waals surface area (Å²) >= 11 is 0. The maximum Gasteiger partial charge on any atom is 0.297 e. The second-order valence-electron chi connectivity index (χ2n) is 22.9. The van der Waals surface area contributed by atoms with Crippen LogP contribution < -0.4 is 29.1 Å². The fraction of sp³-hybridized carbons (Fsp3) is 0.536. The van der Waals surface area contributed by atoms with Crippen molar-refractivity contribution >= 4 is 44.0 Å². The number of piperidine rings is 2. The van der Waals surface area contributed by atoms with Gasteiger partial charge >= 0.3 is 0 Å². The number of carbonyl (C=O) groups is 1. The number of benzene rings is 3. The first-order chi connectivity index (χ1) is 35.9. The molecule has 5 aromatic rings. The van der Waals surface area contributed by atoms with E-state index in [9.17, 15) is 28.4 Å². The zero-order valence-electron chi connectivity index (χ0n) is 43.3. The molecule has 17 nitrogen and oxygen atoms in total. The van der Waals surface area contributed by atoms with E-state index in [1.54, 1.807) is 19.1 Å². The standard InChI is InChI=1S/C56H69FN8O9S/c1-34(2)40-8-5-6-9-41(40)46-10-7-21-64(46)37-30-56(31-37)19-24-63(25-20-56)36-11-12-42(48(26-36)74-50-29-43-44(57)32-58-52(43)60-54(50)73-38-15-22-62(4)23-16-38)53(66)61-75(70,71)39-27-47(65(68)69)51-49(28-39)72-33-45(59-51)35-13-17-55(3,67)18-14-35/h5-6,8-9,11-12,26-29,32,34-35,37-38,45-46,59,67H,7,10,13-25,30-31,33H2,1-4H3,(H,58,60)(H,61,66)/t35-,45-,46-,55-/m1/s1. The summed E-state index contributed by atoms with van der Waals surface area (Å²) in [4.78, 5) is 40.5. The number of rotatable bonds is 13. The van der Waals surface area contributed by atoms with Crippen molar-refractivity contribution in [2.24, 2.45) is 11.3 Å². The zero-order chi connectivity index (χ0) is 52.4. The van der Waals surface area contributed by atoms with E-state index in [4.69, 9.17) is 14.2 Å². The summed E-state index contributed by atoms with van der Waals surface area (Å²) < 4.78 is 65.0. The van der Waals surface area contributed by atoms with Gasteiger partial charge in [-0.3, -0.25) is 19.8 Å². The molecule has 0 bridgehead atoms. The average molecular weight is 1050 g/mol. The Hall–Kier alpha value is -6.02. The number of nitro benzene ring substituents is 1. The van der Waals surface area contributed by atoms with Gasteiger partial charge in [0.25, 0.3) is 27.5 Å². The first-order valence-corrected chi connectivity index (χ1v) is 28.4. The lowest BCUT2D eigenvalue weighted by atomic mass is 9.59. The van der Waals surface area contributed by atoms with Crippen LogP contribution in [0.4, 0.5) is 21.5 Å². The second-order valence-corrected chi connectivity index (χ2v) is 24.5. The summed E-state index contributed by atoms with van der Waals surface area (Å²) in [5.41, 5.74) is 2.75. The largest absolute Gasteiger partial charge is 0.489 e. The van der Waals surface area contributed by atoms with Gasteiger partial charge in [-0.15, -0.1) is 0 Å². The number of fused-ring (bicyclic) bond motifs is 2. The number of nitrogens with zero attached hydrogens (tertiary/aromatic N) is 5. The number of halogens is 1. The number of hydrogen-bond acceptors (Lipinski definition) is 14. The molecule has 2 atom stereocenters. The Morgan fingerprint density at radius 3 is 2.45 bits per heavy atom. The highest BCUT2D eigenvalue weighted by Gasteiger charge is 2.50. The summed E-state index contributed by atoms with van der Waals surface area (Å²) in [6.07, 6.45) is 11.6. The number of pyridine rings is 1. The number of hydrogen-bond donors (Lipinski definition) is 4. The second kappa shape index (κ2) is 20.2. The van der Waals surface area contributed by atoms with Crippen molar-refractivity contribution in [1.82, 2.24) is 24.5 Å². The highest BCUT2D eigenvalue weighted by Crippen LogP contribution is 2.55. The molecule has 1 spiro atoms. The fourth-order valence-corrected chi connectivity index (χ4v) is 13.9. The normalized spacial score (nSPS) is 24.6. The van der Waals surface area contributed by atoms with Crippen molar-refractivity contribution in [3.63, 3.8) is 0 Å². The highest BCUT2D eigenvalue weighted by molar-refractivity contribution is 7.90. The van der Waals surface area contributed by atoms with Crippen molar-refractivity contribution in [3.05, 3.63) is 99.5 Å². The number of anilines is 2. The number of H-pyrrole nitrogens is 1. The third-order valence-electron chi connectivity index (χ3n) is 17.4. The Balaban J connectivity index is 0.856. The van der Waals surface area contributed by atoms with Crippen LogP contribution >= 0.6 is 0 Å². The molecule has 0 radical (unpaired) electrons. The summed E-state index contributed by atoms with van der Waals surface area (Å²) in [6, 6.07) is 18.2. The van der Waals surface area contributed by atoms with E-state index in [0.29, 0.717) is 56.5 Å². The SMILES string of the molecule is CC(C)c1ccccc1[C@H]1CCCN1C1CC2(CCN(c3ccc(C(=O)NS(=O)(=O)c4cc5c(c([N+](=O)[O-])c4)N[C@@H]([C@H]4CC[C@](C)(O)CC4)CO5)c(Oc4cc5c(F)c[nH]c5nc4OC4CCN(C)CC4)c3)CC2)C1. The van der Waals surface area contributed by atoms with Gasteiger partial charge in [0, 0.05) is 74.4 Å². The Kier molecular flexibility index (Phi) is 13.7. The predicted molar refractivity (Wildman–Crippen MR) is 283 cm³/mol. The third kappa shape index (κ3) is 10.4. The molecule has 19 heteroatoms. The van der Waals surface area contributed by atoms with E-state index in [1.807, 2.05) is 7.05 Å². The van der Waals surface area contributed by atoms with Crippen molar-refractivity contribution < 1.29 is 41.8 Å². The minimum atomic E-state index is -4.77. The number of aromatic amines is 1. The van der Waals surface area contributed by atoms with Crippen LogP contribution in [-0.4, -0.2) is 114 Å². The van der Waals surface area contributed by atoms with E-state index >= 15 is 4.39 Å². The van der Waals surface area contributed by atoms with Crippen LogP contribution in [0.1, 0.15) is 131 Å². The van der Waals surface area contributed by atoms with Crippen LogP contribution in [0.3, 0.4) is 0 Å². The van der Waals surface area contributed by atoms with Crippen molar-refractivity contribution in [1.29, 1.82) is 0 Å². The first kappa shape index (κ1) is 51.1. The van der Waals surface area contributed by atoms with Crippen molar-refractivity contribution in [3.8, 4) is 23.1 Å². The summed E-state index contributed by atoms with van der Waals surface area (Å²) in [6.45, 7) is 10.7. The predicted octanol–water partition coefficient (Wildman–Crippen LogP) is 9.82. The lowest BCUT2D eigenvalue weighted by Gasteiger charge is -2.56. The molecule has 2 aliphatic carbocycles. The minimum Gasteiger partial charge on any atom is -0.489 e. The molecule has 3 aromatic carbocycles. The molecule has 1 amide bonds. The molecule has 75 heavy (non-hydrogen) atoms. The van der Waals surface area contributed by atoms with Crippen LogP contribution in [0.15, 0.2) is 71.8 Å². The lowest BCUT2D eigenvalue weighted by molar-refractivity contribution is -0.384. The summed E-state index contributed by atoms with van der Waals surface area (Å²) in [7, 11) is -2.73. The zero-order valence-corrected chi connectivity index (χ0v) is 44.1. The fourth-order valence-electron chi connectivity index (χ4n) is 12.9. The molecule has 5 fully saturated rings. The number of carbonyl (C=O) groups excluding carboxylic acids is 1. The van der Waals surface area contributed by atoms with Crippen LogP contribution in [0.25, 0.3) is 11.0 Å². The van der Waals surface area contributed by atoms with Gasteiger partial charge in [-0.25, -0.2) is 17.5 Å². The molecule has 4 N–H and O–H groups in total. The van der Waals surface area contributed by atoms with E-state index in [2.05, 4.69) is 72.8 Å². The quantitative estimate of drug-likeness (QED) is 0.0640. The minimum absolute atomic E-state index is 0.0181. The smallest absolute Gasteiger partial charge is 0.297 e. The van der Waals surface area contributed by atoms with Crippen LogP contribution in [-0.2, 0) is 10.0 Å². The average Bonchev–Trinajstić information content (AvgIpc) is 4.02. The number of ether oxygens (including phenoxy) is 3. The highest BCUT2D eigenvalue weighted by atomic mass is 32.2. The molecule has 400 valence electrons. The van der Waals surface area contributed by atoms with Crippen molar-refractivity contribution in [2.45, 2.75) is 138 Å². The van der Waals surface area contributed by atoms with Gasteiger partial charge in [0.05, 0.1) is 32.4 Å². The molecule has 6 heterocycles. The number of aromatic nitrogens is 2. The van der Waals surface area contributed by atoms with E-state index in [-0.39, 0.29) is 75.5 Å². The van der Waals surface area contributed by atoms with Gasteiger partial charge in [-0.05, 0) is 138 Å². The first-order valence-electron chi connectivity index (χ1n) is 26.9. The van der Waals surface area contributed by atoms with Gasteiger partial charge < -0.3 is 39.4 Å². The molecule has 4 aliphatic heterocycles. The van der Waals surface area contributed by atoms with E-state index in [1.165, 1.54) is 48.4 Å². The van der Waals surface area contributed by atoms with Gasteiger partial charge in [0.15, 0.2) is 17.2 Å². The van der Waals surface area contributed by atoms with E-state index < -0.39 is 42.9 Å². The summed E-state index contributed by atoms with van der Waals surface area (Å²) in [5, 5.41) is 26.4. The Morgan fingerprint density at radius 2 is 1.72 bits per heavy atom. The van der Waals surface area contributed by atoms with Gasteiger partial charge in [0.1, 0.15) is 29.9 Å². The Bertz CT molecular complexity index is 3080. The van der Waals surface area contributed by atoms with Crippen LogP contribution in [0.2, 0.25) is 0 Å². The molecule has 2 aromatic heterocycles. The van der Waals surface area contributed by atoms with Crippen molar-refractivity contribution in [2.75, 3.05) is 56.6 Å². The monoisotopic (exact) mass is 1050 g/mol. The number of nitrogens with one attached hydrogen (secondary N) is 3. The maximum absolute atomic E-state index is 15.2. The van der Waals surface area contributed by atoms with E-state index in [0.717, 1.165) is 70.2 Å². The molecular formula is C56H69FN8O9S. The molecule has 11 rings (SSSR count). The number of likely N-dealkylation sites (tertiary alicyclic amines) is 2. The Labute approximate surface area is 437 Å². The number of sulfonamides is 1. The maximum atomic E-state index is 15.2. The van der Waals surface area contributed by atoms with Gasteiger partial charge in [-0.2, -0.15) is 4.98 Å². The van der Waals surface area contributed by atoms with Gasteiger partial charge in [-0.1, -0.05) is 38.1 Å². The lowest BCUT2D eigenvalue weighted by Crippen LogP contribution is -2.54. The summed E-state index contributed by atoms with van der Waals surface area (Å²) in [5.74, 6) is -1.01. The molecule has 6 aliphatic rings. The molecular weight excluding hydrogens is 980 g/mol. The molecule has 0 unspecified atom stereocenters. The number of nitro groups is 1. The van der Waals surface area contributed by atoms with Crippen LogP contribution in [0, 0.1) is 27.3 Å². The number of aliphatic hydroxyl groups is 1. The van der Waals surface area contributed by atoms with Gasteiger partial charge in [0.2, 0.25) is 0 Å². The molecule has 2 saturated carbocycles. The Morgan fingerprint density at radius 1 is 0.973 bits per heavy atom. The molecule has 3 saturated heterocycles. The van der Waals surface area contributed by atoms with Crippen LogP contribution in [0.5, 0.6) is 23.1 Å².